The highest BCUT2D eigenvalue weighted by Gasteiger charge is 2.15. The summed E-state index contributed by atoms with van der Waals surface area (Å²) in [6.45, 7) is 1.81. The van der Waals surface area contributed by atoms with Gasteiger partial charge in [0, 0.05) is 24.9 Å². The quantitative estimate of drug-likeness (QED) is 0.673. The smallest absolute Gasteiger partial charge is 0.224 e. The number of nitrogens with one attached hydrogen (secondary N) is 1. The van der Waals surface area contributed by atoms with Crippen LogP contribution in [0.4, 0.5) is 0 Å². The number of carbonyl (C=O) groups excluding carboxylic acids is 2. The van der Waals surface area contributed by atoms with Crippen LogP contribution in [0.1, 0.15) is 29.5 Å². The molecule has 0 aliphatic heterocycles. The SMILES string of the molecule is C[C@@H](CC(=O)c1ccco1)NC(=O)Cc1ccc(-n2cccn2)cc1. The molecular weight excluding hydrogens is 318 g/mol. The van der Waals surface area contributed by atoms with Gasteiger partial charge in [-0.2, -0.15) is 5.10 Å². The Kier molecular flexibility index (Phi) is 5.09. The Labute approximate surface area is 145 Å². The van der Waals surface area contributed by atoms with Gasteiger partial charge in [0.25, 0.3) is 0 Å². The zero-order valence-corrected chi connectivity index (χ0v) is 13.9. The molecule has 3 aromatic rings. The largest absolute Gasteiger partial charge is 0.461 e. The van der Waals surface area contributed by atoms with Crippen molar-refractivity contribution in [1.82, 2.24) is 15.1 Å². The number of hydrogen-bond acceptors (Lipinski definition) is 4. The van der Waals surface area contributed by atoms with E-state index in [9.17, 15) is 9.59 Å². The van der Waals surface area contributed by atoms with E-state index < -0.39 is 0 Å². The van der Waals surface area contributed by atoms with E-state index in [4.69, 9.17) is 4.42 Å². The fraction of sp³-hybridized carbons (Fsp3) is 0.211. The van der Waals surface area contributed by atoms with Crippen LogP contribution in [-0.2, 0) is 11.2 Å². The molecule has 6 heteroatoms. The van der Waals surface area contributed by atoms with Gasteiger partial charge in [0.2, 0.25) is 5.91 Å². The van der Waals surface area contributed by atoms with Crippen molar-refractivity contribution >= 4 is 11.7 Å². The number of amides is 1. The molecule has 2 heterocycles. The van der Waals surface area contributed by atoms with E-state index in [1.165, 1.54) is 6.26 Å². The van der Waals surface area contributed by atoms with Crippen LogP contribution < -0.4 is 5.32 Å². The fourth-order valence-electron chi connectivity index (χ4n) is 2.57. The first kappa shape index (κ1) is 16.7. The van der Waals surface area contributed by atoms with Gasteiger partial charge in [0.1, 0.15) is 0 Å². The zero-order chi connectivity index (χ0) is 17.6. The Bertz CT molecular complexity index is 821. The molecule has 0 saturated heterocycles. The first-order chi connectivity index (χ1) is 12.1. The lowest BCUT2D eigenvalue weighted by molar-refractivity contribution is -0.121. The van der Waals surface area contributed by atoms with Gasteiger partial charge in [-0.25, -0.2) is 4.68 Å². The van der Waals surface area contributed by atoms with E-state index in [1.54, 1.807) is 29.9 Å². The van der Waals surface area contributed by atoms with Crippen molar-refractivity contribution < 1.29 is 14.0 Å². The molecule has 0 unspecified atom stereocenters. The molecule has 1 atom stereocenters. The summed E-state index contributed by atoms with van der Waals surface area (Å²) in [5.74, 6) is 0.0725. The summed E-state index contributed by atoms with van der Waals surface area (Å²) in [4.78, 5) is 24.1. The van der Waals surface area contributed by atoms with Gasteiger partial charge >= 0.3 is 0 Å². The van der Waals surface area contributed by atoms with Gasteiger partial charge in [-0.05, 0) is 42.8 Å². The van der Waals surface area contributed by atoms with Crippen LogP contribution in [0.5, 0.6) is 0 Å². The minimum absolute atomic E-state index is 0.119. The molecule has 25 heavy (non-hydrogen) atoms. The molecule has 2 aromatic heterocycles. The maximum atomic E-state index is 12.1. The molecule has 1 amide bonds. The van der Waals surface area contributed by atoms with Crippen molar-refractivity contribution in [2.24, 2.45) is 0 Å². The third-order valence-electron chi connectivity index (χ3n) is 3.76. The minimum atomic E-state index is -0.256. The summed E-state index contributed by atoms with van der Waals surface area (Å²) < 4.78 is 6.83. The second-order valence-electron chi connectivity index (χ2n) is 5.87. The average molecular weight is 337 g/mol. The number of carbonyl (C=O) groups is 2. The number of ketones is 1. The normalized spacial score (nSPS) is 11.9. The van der Waals surface area contributed by atoms with Gasteiger partial charge < -0.3 is 9.73 Å². The number of furan rings is 1. The molecule has 0 spiro atoms. The molecule has 0 aliphatic rings. The highest BCUT2D eigenvalue weighted by atomic mass is 16.3. The van der Waals surface area contributed by atoms with Gasteiger partial charge in [-0.1, -0.05) is 12.1 Å². The second-order valence-corrected chi connectivity index (χ2v) is 5.87. The minimum Gasteiger partial charge on any atom is -0.461 e. The fourth-order valence-corrected chi connectivity index (χ4v) is 2.57. The molecule has 0 fully saturated rings. The zero-order valence-electron chi connectivity index (χ0n) is 13.9. The van der Waals surface area contributed by atoms with Gasteiger partial charge in [-0.15, -0.1) is 0 Å². The average Bonchev–Trinajstić information content (AvgIpc) is 3.29. The van der Waals surface area contributed by atoms with Crippen molar-refractivity contribution in [3.63, 3.8) is 0 Å². The lowest BCUT2D eigenvalue weighted by Gasteiger charge is -2.12. The standard InChI is InChI=1S/C19H19N3O3/c1-14(12-17(23)18-4-2-11-25-18)21-19(24)13-15-5-7-16(8-6-15)22-10-3-9-20-22/h2-11,14H,12-13H2,1H3,(H,21,24)/t14-/m0/s1. The molecule has 0 radical (unpaired) electrons. The maximum Gasteiger partial charge on any atom is 0.224 e. The summed E-state index contributed by atoms with van der Waals surface area (Å²) in [6, 6.07) is 12.5. The molecule has 128 valence electrons. The molecule has 3 rings (SSSR count). The lowest BCUT2D eigenvalue weighted by atomic mass is 10.1. The number of hydrogen-bond donors (Lipinski definition) is 1. The van der Waals surface area contributed by atoms with Gasteiger partial charge in [0.05, 0.1) is 18.4 Å². The number of nitrogens with zero attached hydrogens (tertiary/aromatic N) is 2. The van der Waals surface area contributed by atoms with E-state index in [0.717, 1.165) is 11.3 Å². The summed E-state index contributed by atoms with van der Waals surface area (Å²) in [5.41, 5.74) is 1.84. The predicted octanol–water partition coefficient (Wildman–Crippen LogP) is 2.79. The highest BCUT2D eigenvalue weighted by molar-refractivity contribution is 5.94. The summed E-state index contributed by atoms with van der Waals surface area (Å²) in [5, 5.41) is 7.01. The van der Waals surface area contributed by atoms with E-state index in [2.05, 4.69) is 10.4 Å². The van der Waals surface area contributed by atoms with Crippen LogP contribution in [-0.4, -0.2) is 27.5 Å². The Morgan fingerprint density at radius 3 is 2.64 bits per heavy atom. The van der Waals surface area contributed by atoms with Crippen LogP contribution in [0, 0.1) is 0 Å². The van der Waals surface area contributed by atoms with E-state index in [0.29, 0.717) is 5.76 Å². The van der Waals surface area contributed by atoms with Crippen molar-refractivity contribution in [3.05, 3.63) is 72.4 Å². The van der Waals surface area contributed by atoms with Gasteiger partial charge in [0.15, 0.2) is 11.5 Å². The molecule has 1 N–H and O–H groups in total. The predicted molar refractivity (Wildman–Crippen MR) is 92.5 cm³/mol. The van der Waals surface area contributed by atoms with Crippen LogP contribution in [0.15, 0.2) is 65.5 Å². The van der Waals surface area contributed by atoms with Crippen molar-refractivity contribution in [2.45, 2.75) is 25.8 Å². The molecule has 6 nitrogen and oxygen atoms in total. The molecule has 1 aromatic carbocycles. The first-order valence-corrected chi connectivity index (χ1v) is 8.07. The topological polar surface area (TPSA) is 77.1 Å². The third-order valence-corrected chi connectivity index (χ3v) is 3.76. The van der Waals surface area contributed by atoms with E-state index in [1.807, 2.05) is 36.5 Å². The molecule has 0 aliphatic carbocycles. The number of aromatic nitrogens is 2. The molecular formula is C19H19N3O3. The number of Topliss-reactive ketones (excluding diaryl/α,β-unsaturated/α-hetero) is 1. The van der Waals surface area contributed by atoms with E-state index in [-0.39, 0.29) is 30.6 Å². The summed E-state index contributed by atoms with van der Waals surface area (Å²) in [7, 11) is 0. The van der Waals surface area contributed by atoms with Crippen molar-refractivity contribution in [1.29, 1.82) is 0 Å². The van der Waals surface area contributed by atoms with Crippen LogP contribution >= 0.6 is 0 Å². The van der Waals surface area contributed by atoms with Crippen LogP contribution in [0.3, 0.4) is 0 Å². The highest BCUT2D eigenvalue weighted by Crippen LogP contribution is 2.10. The Morgan fingerprint density at radius 2 is 2.00 bits per heavy atom. The third kappa shape index (κ3) is 4.44. The second kappa shape index (κ2) is 7.61. The summed E-state index contributed by atoms with van der Waals surface area (Å²) >= 11 is 0. The van der Waals surface area contributed by atoms with Crippen LogP contribution in [0.2, 0.25) is 0 Å². The van der Waals surface area contributed by atoms with Crippen molar-refractivity contribution in [2.75, 3.05) is 0 Å². The number of rotatable bonds is 7. The van der Waals surface area contributed by atoms with E-state index >= 15 is 0 Å². The van der Waals surface area contributed by atoms with Gasteiger partial charge in [-0.3, -0.25) is 9.59 Å². The summed E-state index contributed by atoms with van der Waals surface area (Å²) in [6.07, 6.45) is 5.51. The molecule has 0 saturated carbocycles. The van der Waals surface area contributed by atoms with Crippen LogP contribution in [0.25, 0.3) is 5.69 Å². The monoisotopic (exact) mass is 337 g/mol. The maximum absolute atomic E-state index is 12.1. The number of benzene rings is 1. The molecule has 0 bridgehead atoms. The Balaban J connectivity index is 1.51. The Morgan fingerprint density at radius 1 is 1.20 bits per heavy atom. The lowest BCUT2D eigenvalue weighted by Crippen LogP contribution is -2.35. The van der Waals surface area contributed by atoms with Crippen molar-refractivity contribution in [3.8, 4) is 5.69 Å². The Hall–Kier alpha value is -3.15. The first-order valence-electron chi connectivity index (χ1n) is 8.07.